The van der Waals surface area contributed by atoms with Crippen LogP contribution < -0.4 is 4.90 Å². The summed E-state index contributed by atoms with van der Waals surface area (Å²) in [6.07, 6.45) is 3.84. The normalized spacial score (nSPS) is 14.9. The molecule has 0 bridgehead atoms. The van der Waals surface area contributed by atoms with Crippen molar-refractivity contribution >= 4 is 23.1 Å². The molecule has 0 N–H and O–H groups in total. The van der Waals surface area contributed by atoms with E-state index in [1.54, 1.807) is 11.8 Å². The molecule has 2 heterocycles. The highest BCUT2D eigenvalue weighted by Crippen LogP contribution is 2.47. The van der Waals surface area contributed by atoms with E-state index < -0.39 is 0 Å². The lowest BCUT2D eigenvalue weighted by molar-refractivity contribution is 0.319. The summed E-state index contributed by atoms with van der Waals surface area (Å²) in [5, 5.41) is 0. The molecule has 0 saturated carbocycles. The molecular formula is C16H19N3S. The second-order valence-electron chi connectivity index (χ2n) is 5.34. The highest BCUT2D eigenvalue weighted by Gasteiger charge is 2.24. The van der Waals surface area contributed by atoms with Gasteiger partial charge in [-0.15, -0.1) is 0 Å². The topological polar surface area (TPSA) is 19.4 Å². The number of fused-ring (bicyclic) bond motifs is 2. The third-order valence-electron chi connectivity index (χ3n) is 3.76. The minimum absolute atomic E-state index is 0.479. The van der Waals surface area contributed by atoms with E-state index in [0.29, 0.717) is 6.04 Å². The number of para-hydroxylation sites is 1. The van der Waals surface area contributed by atoms with Crippen molar-refractivity contribution in [3.63, 3.8) is 0 Å². The van der Waals surface area contributed by atoms with Crippen LogP contribution in [-0.2, 0) is 0 Å². The third kappa shape index (κ3) is 2.41. The Balaban J connectivity index is 2.03. The summed E-state index contributed by atoms with van der Waals surface area (Å²) < 4.78 is 0. The van der Waals surface area contributed by atoms with Gasteiger partial charge in [-0.1, -0.05) is 23.9 Å². The number of anilines is 2. The van der Waals surface area contributed by atoms with Crippen LogP contribution in [0.4, 0.5) is 11.4 Å². The number of hydrogen-bond acceptors (Lipinski definition) is 4. The second kappa shape index (κ2) is 5.46. The standard InChI is InChI=1S/C16H19N3S/c1-12(18(2)3)11-19-13-6-4-5-7-15(13)20-16-10-17-9-8-14(16)19/h4-10,12H,11H2,1-3H3. The molecule has 1 aromatic carbocycles. The fourth-order valence-electron chi connectivity index (χ4n) is 2.31. The van der Waals surface area contributed by atoms with Gasteiger partial charge in [0.05, 0.1) is 16.3 Å². The predicted molar refractivity (Wildman–Crippen MR) is 85.0 cm³/mol. The zero-order valence-corrected chi connectivity index (χ0v) is 12.9. The van der Waals surface area contributed by atoms with Gasteiger partial charge in [-0.05, 0) is 39.2 Å². The van der Waals surface area contributed by atoms with E-state index in [0.717, 1.165) is 6.54 Å². The van der Waals surface area contributed by atoms with Gasteiger partial charge >= 0.3 is 0 Å². The summed E-state index contributed by atoms with van der Waals surface area (Å²) in [5.74, 6) is 0. The van der Waals surface area contributed by atoms with Crippen LogP contribution in [0.3, 0.4) is 0 Å². The van der Waals surface area contributed by atoms with Gasteiger partial charge in [0.1, 0.15) is 0 Å². The van der Waals surface area contributed by atoms with Crippen LogP contribution >= 0.6 is 11.8 Å². The number of nitrogens with zero attached hydrogens (tertiary/aromatic N) is 3. The first-order valence-electron chi connectivity index (χ1n) is 6.81. The molecule has 0 spiro atoms. The quantitative estimate of drug-likeness (QED) is 0.857. The van der Waals surface area contributed by atoms with Gasteiger partial charge < -0.3 is 9.80 Å². The first-order valence-corrected chi connectivity index (χ1v) is 7.63. The van der Waals surface area contributed by atoms with E-state index >= 15 is 0 Å². The van der Waals surface area contributed by atoms with Gasteiger partial charge in [0.25, 0.3) is 0 Å². The molecule has 3 nitrogen and oxygen atoms in total. The van der Waals surface area contributed by atoms with Crippen LogP contribution in [0.25, 0.3) is 0 Å². The van der Waals surface area contributed by atoms with E-state index in [2.05, 4.69) is 66.1 Å². The zero-order chi connectivity index (χ0) is 14.1. The van der Waals surface area contributed by atoms with Gasteiger partial charge in [0.2, 0.25) is 0 Å². The average molecular weight is 285 g/mol. The van der Waals surface area contributed by atoms with Crippen molar-refractivity contribution in [3.05, 3.63) is 42.7 Å². The molecule has 4 heteroatoms. The maximum absolute atomic E-state index is 4.26. The molecule has 0 fully saturated rings. The van der Waals surface area contributed by atoms with E-state index in [1.807, 2.05) is 12.4 Å². The summed E-state index contributed by atoms with van der Waals surface area (Å²) in [6.45, 7) is 3.23. The summed E-state index contributed by atoms with van der Waals surface area (Å²) in [4.78, 5) is 11.5. The predicted octanol–water partition coefficient (Wildman–Crippen LogP) is 3.63. The summed E-state index contributed by atoms with van der Waals surface area (Å²) in [7, 11) is 4.26. The molecule has 1 aromatic heterocycles. The summed E-state index contributed by atoms with van der Waals surface area (Å²) in [6, 6.07) is 11.2. The summed E-state index contributed by atoms with van der Waals surface area (Å²) in [5.41, 5.74) is 2.56. The molecular weight excluding hydrogens is 266 g/mol. The Labute approximate surface area is 124 Å². The van der Waals surface area contributed by atoms with Crippen molar-refractivity contribution in [1.82, 2.24) is 9.88 Å². The fraction of sp³-hybridized carbons (Fsp3) is 0.312. The van der Waals surface area contributed by atoms with Crippen molar-refractivity contribution in [3.8, 4) is 0 Å². The van der Waals surface area contributed by atoms with Crippen molar-refractivity contribution in [2.24, 2.45) is 0 Å². The molecule has 1 unspecified atom stereocenters. The smallest absolute Gasteiger partial charge is 0.0584 e. The third-order valence-corrected chi connectivity index (χ3v) is 4.86. The maximum atomic E-state index is 4.26. The van der Waals surface area contributed by atoms with E-state index in [1.165, 1.54) is 21.2 Å². The number of hydrogen-bond donors (Lipinski definition) is 0. The lowest BCUT2D eigenvalue weighted by atomic mass is 10.2. The van der Waals surface area contributed by atoms with Gasteiger partial charge in [-0.25, -0.2) is 0 Å². The Bertz CT molecular complexity index is 567. The molecule has 104 valence electrons. The van der Waals surface area contributed by atoms with Crippen molar-refractivity contribution in [2.75, 3.05) is 25.5 Å². The van der Waals surface area contributed by atoms with Crippen LogP contribution in [-0.4, -0.2) is 36.6 Å². The number of rotatable bonds is 3. The molecule has 0 saturated heterocycles. The minimum Gasteiger partial charge on any atom is -0.338 e. The van der Waals surface area contributed by atoms with Gasteiger partial charge in [0.15, 0.2) is 0 Å². The van der Waals surface area contributed by atoms with Crippen LogP contribution in [0.1, 0.15) is 6.92 Å². The van der Waals surface area contributed by atoms with Gasteiger partial charge in [-0.3, -0.25) is 4.98 Å². The van der Waals surface area contributed by atoms with E-state index in [4.69, 9.17) is 0 Å². The molecule has 1 aliphatic rings. The molecule has 1 atom stereocenters. The van der Waals surface area contributed by atoms with Crippen molar-refractivity contribution < 1.29 is 0 Å². The Morgan fingerprint density at radius 3 is 2.70 bits per heavy atom. The van der Waals surface area contributed by atoms with E-state index in [9.17, 15) is 0 Å². The maximum Gasteiger partial charge on any atom is 0.0584 e. The monoisotopic (exact) mass is 285 g/mol. The molecule has 3 rings (SSSR count). The first kappa shape index (κ1) is 13.5. The van der Waals surface area contributed by atoms with Gasteiger partial charge in [-0.2, -0.15) is 0 Å². The van der Waals surface area contributed by atoms with Crippen LogP contribution in [0.15, 0.2) is 52.5 Å². The van der Waals surface area contributed by atoms with Crippen LogP contribution in [0.2, 0.25) is 0 Å². The van der Waals surface area contributed by atoms with Crippen LogP contribution in [0.5, 0.6) is 0 Å². The van der Waals surface area contributed by atoms with Gasteiger partial charge in [0, 0.05) is 29.9 Å². The fourth-order valence-corrected chi connectivity index (χ4v) is 3.38. The van der Waals surface area contributed by atoms with Crippen molar-refractivity contribution in [2.45, 2.75) is 22.8 Å². The second-order valence-corrected chi connectivity index (χ2v) is 6.42. The lowest BCUT2D eigenvalue weighted by Crippen LogP contribution is -2.37. The largest absolute Gasteiger partial charge is 0.338 e. The SMILES string of the molecule is CC(CN1c2ccccc2Sc2cnccc21)N(C)C. The molecule has 0 radical (unpaired) electrons. The summed E-state index contributed by atoms with van der Waals surface area (Å²) >= 11 is 1.80. The molecule has 0 aliphatic carbocycles. The Hall–Kier alpha value is -1.52. The first-order chi connectivity index (χ1) is 9.66. The highest BCUT2D eigenvalue weighted by molar-refractivity contribution is 7.99. The minimum atomic E-state index is 0.479. The lowest BCUT2D eigenvalue weighted by Gasteiger charge is -2.35. The number of aromatic nitrogens is 1. The molecule has 1 aliphatic heterocycles. The average Bonchev–Trinajstić information content (AvgIpc) is 2.46. The Kier molecular flexibility index (Phi) is 3.68. The number of benzene rings is 1. The highest BCUT2D eigenvalue weighted by atomic mass is 32.2. The Morgan fingerprint density at radius 2 is 1.90 bits per heavy atom. The van der Waals surface area contributed by atoms with E-state index in [-0.39, 0.29) is 0 Å². The molecule has 20 heavy (non-hydrogen) atoms. The molecule has 0 amide bonds. The molecule has 2 aromatic rings. The Morgan fingerprint density at radius 1 is 1.15 bits per heavy atom. The number of pyridine rings is 1. The number of likely N-dealkylation sites (N-methyl/N-ethyl adjacent to an activating group) is 1. The van der Waals surface area contributed by atoms with Crippen molar-refractivity contribution in [1.29, 1.82) is 0 Å². The zero-order valence-electron chi connectivity index (χ0n) is 12.1. The van der Waals surface area contributed by atoms with Crippen LogP contribution in [0, 0.1) is 0 Å².